The van der Waals surface area contributed by atoms with Crippen LogP contribution in [-0.4, -0.2) is 30.9 Å². The summed E-state index contributed by atoms with van der Waals surface area (Å²) >= 11 is 0. The van der Waals surface area contributed by atoms with Crippen LogP contribution in [-0.2, 0) is 19.1 Å². The van der Waals surface area contributed by atoms with Crippen molar-refractivity contribution in [1.82, 2.24) is 0 Å². The lowest BCUT2D eigenvalue weighted by Crippen LogP contribution is -2.28. The maximum atomic E-state index is 12.6. The number of carbonyl (C=O) groups is 3. The van der Waals surface area contributed by atoms with Gasteiger partial charge in [-0.05, 0) is 86.0 Å². The average Bonchev–Trinajstić information content (AvgIpc) is 3.22. The van der Waals surface area contributed by atoms with Crippen molar-refractivity contribution in [3.05, 3.63) is 83.4 Å². The summed E-state index contributed by atoms with van der Waals surface area (Å²) in [5, 5.41) is 2.70. The van der Waals surface area contributed by atoms with Gasteiger partial charge in [-0.2, -0.15) is 0 Å². The molecule has 1 N–H and O–H groups in total. The molecule has 3 aromatic carbocycles. The SMILES string of the molecule is Cc1cccc(NC(=O)COC(=O)[C@@H]2CC(=O)N(c3ccc(Oc4ccc(C)c(C)c4)cc3)C2)c1. The predicted molar refractivity (Wildman–Crippen MR) is 134 cm³/mol. The summed E-state index contributed by atoms with van der Waals surface area (Å²) in [4.78, 5) is 38.7. The van der Waals surface area contributed by atoms with E-state index < -0.39 is 24.4 Å². The smallest absolute Gasteiger partial charge is 0.311 e. The van der Waals surface area contributed by atoms with Crippen molar-refractivity contribution in [2.75, 3.05) is 23.4 Å². The summed E-state index contributed by atoms with van der Waals surface area (Å²) in [6.07, 6.45) is 0.0409. The zero-order chi connectivity index (χ0) is 24.9. The number of amides is 2. The molecule has 3 aromatic rings. The van der Waals surface area contributed by atoms with E-state index in [-0.39, 0.29) is 18.9 Å². The van der Waals surface area contributed by atoms with E-state index in [9.17, 15) is 14.4 Å². The molecule has 0 radical (unpaired) electrons. The Bertz CT molecular complexity index is 1250. The Balaban J connectivity index is 1.30. The topological polar surface area (TPSA) is 84.9 Å². The molecule has 0 aromatic heterocycles. The van der Waals surface area contributed by atoms with Gasteiger partial charge in [0.25, 0.3) is 5.91 Å². The number of rotatable bonds is 7. The Labute approximate surface area is 204 Å². The molecule has 1 heterocycles. The molecule has 180 valence electrons. The van der Waals surface area contributed by atoms with Gasteiger partial charge in [-0.15, -0.1) is 0 Å². The fraction of sp³-hybridized carbons (Fsp3) is 0.250. The normalized spacial score (nSPS) is 15.1. The Hall–Kier alpha value is -4.13. The lowest BCUT2D eigenvalue weighted by Gasteiger charge is -2.17. The van der Waals surface area contributed by atoms with Crippen LogP contribution in [0.5, 0.6) is 11.5 Å². The van der Waals surface area contributed by atoms with Crippen LogP contribution in [0.15, 0.2) is 66.7 Å². The number of benzene rings is 3. The van der Waals surface area contributed by atoms with E-state index in [0.29, 0.717) is 17.1 Å². The molecule has 1 aliphatic heterocycles. The maximum Gasteiger partial charge on any atom is 0.311 e. The molecule has 1 aliphatic rings. The molecule has 0 aliphatic carbocycles. The fourth-order valence-corrected chi connectivity index (χ4v) is 3.90. The van der Waals surface area contributed by atoms with Crippen molar-refractivity contribution in [2.45, 2.75) is 27.2 Å². The average molecular weight is 473 g/mol. The minimum atomic E-state index is -0.624. The molecule has 7 nitrogen and oxygen atoms in total. The minimum Gasteiger partial charge on any atom is -0.457 e. The van der Waals surface area contributed by atoms with E-state index in [2.05, 4.69) is 5.32 Å². The number of hydrogen-bond donors (Lipinski definition) is 1. The largest absolute Gasteiger partial charge is 0.457 e. The minimum absolute atomic E-state index is 0.0409. The van der Waals surface area contributed by atoms with Gasteiger partial charge in [-0.25, -0.2) is 0 Å². The molecular formula is C28H28N2O5. The van der Waals surface area contributed by atoms with E-state index in [0.717, 1.165) is 16.9 Å². The van der Waals surface area contributed by atoms with Crippen LogP contribution < -0.4 is 15.0 Å². The molecule has 1 saturated heterocycles. The van der Waals surface area contributed by atoms with Gasteiger partial charge in [0.15, 0.2) is 6.61 Å². The highest BCUT2D eigenvalue weighted by atomic mass is 16.5. The van der Waals surface area contributed by atoms with Crippen molar-refractivity contribution < 1.29 is 23.9 Å². The zero-order valence-corrected chi connectivity index (χ0v) is 20.0. The van der Waals surface area contributed by atoms with Crippen LogP contribution in [0.25, 0.3) is 0 Å². The Morgan fingerprint density at radius 2 is 1.69 bits per heavy atom. The number of carbonyl (C=O) groups excluding carboxylic acids is 3. The van der Waals surface area contributed by atoms with E-state index in [1.165, 1.54) is 5.56 Å². The first kappa shape index (κ1) is 24.0. The third-order valence-electron chi connectivity index (χ3n) is 5.97. The molecular weight excluding hydrogens is 444 g/mol. The molecule has 0 saturated carbocycles. The quantitative estimate of drug-likeness (QED) is 0.493. The summed E-state index contributed by atoms with van der Waals surface area (Å²) in [7, 11) is 0. The number of anilines is 2. The summed E-state index contributed by atoms with van der Waals surface area (Å²) in [6, 6.07) is 20.4. The van der Waals surface area contributed by atoms with Gasteiger partial charge in [0, 0.05) is 24.3 Å². The highest BCUT2D eigenvalue weighted by Gasteiger charge is 2.36. The standard InChI is InChI=1S/C28H28N2O5/c1-18-5-4-6-22(13-18)29-26(31)17-34-28(33)21-15-27(32)30(16-21)23-8-11-24(12-9-23)35-25-10-7-19(2)20(3)14-25/h4-14,21H,15-17H2,1-3H3,(H,29,31)/t21-/m1/s1. The molecule has 35 heavy (non-hydrogen) atoms. The molecule has 2 amide bonds. The maximum absolute atomic E-state index is 12.6. The van der Waals surface area contributed by atoms with Gasteiger partial charge < -0.3 is 19.7 Å². The molecule has 1 fully saturated rings. The van der Waals surface area contributed by atoms with E-state index in [1.807, 2.05) is 57.2 Å². The first-order valence-electron chi connectivity index (χ1n) is 11.5. The van der Waals surface area contributed by atoms with Crippen molar-refractivity contribution in [2.24, 2.45) is 5.92 Å². The monoisotopic (exact) mass is 472 g/mol. The summed E-state index contributed by atoms with van der Waals surface area (Å²) in [5.74, 6) is -0.384. The number of aryl methyl sites for hydroxylation is 3. The second-order valence-corrected chi connectivity index (χ2v) is 8.77. The van der Waals surface area contributed by atoms with Crippen molar-refractivity contribution in [3.63, 3.8) is 0 Å². The third-order valence-corrected chi connectivity index (χ3v) is 5.97. The molecule has 0 unspecified atom stereocenters. The van der Waals surface area contributed by atoms with Gasteiger partial charge in [0.1, 0.15) is 11.5 Å². The predicted octanol–water partition coefficient (Wildman–Crippen LogP) is 4.94. The molecule has 7 heteroatoms. The number of ether oxygens (including phenoxy) is 2. The lowest BCUT2D eigenvalue weighted by atomic mass is 10.1. The number of nitrogens with zero attached hydrogens (tertiary/aromatic N) is 1. The van der Waals surface area contributed by atoms with Crippen molar-refractivity contribution in [3.8, 4) is 11.5 Å². The van der Waals surface area contributed by atoms with Crippen LogP contribution in [0.1, 0.15) is 23.1 Å². The molecule has 1 atom stereocenters. The number of hydrogen-bond acceptors (Lipinski definition) is 5. The van der Waals surface area contributed by atoms with Crippen LogP contribution in [0.4, 0.5) is 11.4 Å². The molecule has 4 rings (SSSR count). The van der Waals surface area contributed by atoms with Crippen LogP contribution in [0, 0.1) is 26.7 Å². The Morgan fingerprint density at radius 3 is 2.40 bits per heavy atom. The highest BCUT2D eigenvalue weighted by molar-refractivity contribution is 6.00. The van der Waals surface area contributed by atoms with Gasteiger partial charge in [0.05, 0.1) is 5.92 Å². The molecule has 0 spiro atoms. The summed E-state index contributed by atoms with van der Waals surface area (Å²) < 4.78 is 11.1. The van der Waals surface area contributed by atoms with Crippen LogP contribution >= 0.6 is 0 Å². The van der Waals surface area contributed by atoms with E-state index in [4.69, 9.17) is 9.47 Å². The van der Waals surface area contributed by atoms with Crippen molar-refractivity contribution in [1.29, 1.82) is 0 Å². The van der Waals surface area contributed by atoms with Gasteiger partial charge in [-0.3, -0.25) is 14.4 Å². The third kappa shape index (κ3) is 6.06. The Morgan fingerprint density at radius 1 is 0.943 bits per heavy atom. The molecule has 0 bridgehead atoms. The van der Waals surface area contributed by atoms with Gasteiger partial charge in [-0.1, -0.05) is 18.2 Å². The second kappa shape index (κ2) is 10.4. The van der Waals surface area contributed by atoms with Crippen LogP contribution in [0.2, 0.25) is 0 Å². The summed E-state index contributed by atoms with van der Waals surface area (Å²) in [5.41, 5.74) is 4.66. The van der Waals surface area contributed by atoms with Gasteiger partial charge >= 0.3 is 5.97 Å². The first-order valence-corrected chi connectivity index (χ1v) is 11.5. The summed E-state index contributed by atoms with van der Waals surface area (Å²) in [6.45, 7) is 5.80. The number of esters is 1. The lowest BCUT2D eigenvalue weighted by molar-refractivity contribution is -0.151. The number of nitrogens with one attached hydrogen (secondary N) is 1. The van der Waals surface area contributed by atoms with Crippen LogP contribution in [0.3, 0.4) is 0 Å². The fourth-order valence-electron chi connectivity index (χ4n) is 3.90. The second-order valence-electron chi connectivity index (χ2n) is 8.77. The highest BCUT2D eigenvalue weighted by Crippen LogP contribution is 2.29. The van der Waals surface area contributed by atoms with Crippen molar-refractivity contribution >= 4 is 29.2 Å². The van der Waals surface area contributed by atoms with E-state index >= 15 is 0 Å². The van der Waals surface area contributed by atoms with E-state index in [1.54, 1.807) is 35.2 Å². The van der Waals surface area contributed by atoms with Gasteiger partial charge in [0.2, 0.25) is 5.91 Å². The zero-order valence-electron chi connectivity index (χ0n) is 20.0. The first-order chi connectivity index (χ1) is 16.8. The Kier molecular flexibility index (Phi) is 7.15.